The van der Waals surface area contributed by atoms with E-state index in [0.717, 1.165) is 11.2 Å². The first-order valence-electron chi connectivity index (χ1n) is 9.37. The predicted octanol–water partition coefficient (Wildman–Crippen LogP) is 3.27. The van der Waals surface area contributed by atoms with Gasteiger partial charge in [-0.2, -0.15) is 10.4 Å². The SMILES string of the molecule is CCn1nc(C)cc1C(=O)Nc1nc2cc(C#N)cc3c2n1[C@@H](C(C)C)CO3. The molecule has 0 saturated heterocycles. The molecule has 1 aromatic carbocycles. The number of carbonyl (C=O) groups excluding carboxylic acids is 1. The van der Waals surface area contributed by atoms with Gasteiger partial charge < -0.3 is 4.74 Å². The molecule has 3 heterocycles. The van der Waals surface area contributed by atoms with Crippen LogP contribution in [0.1, 0.15) is 48.6 Å². The largest absolute Gasteiger partial charge is 0.489 e. The number of imidazole rings is 1. The van der Waals surface area contributed by atoms with E-state index in [2.05, 4.69) is 35.3 Å². The van der Waals surface area contributed by atoms with E-state index in [-0.39, 0.29) is 17.9 Å². The van der Waals surface area contributed by atoms with Crippen LogP contribution in [0.3, 0.4) is 0 Å². The van der Waals surface area contributed by atoms with Crippen LogP contribution in [0.4, 0.5) is 5.95 Å². The highest BCUT2D eigenvalue weighted by atomic mass is 16.5. The van der Waals surface area contributed by atoms with Gasteiger partial charge in [0.15, 0.2) is 0 Å². The van der Waals surface area contributed by atoms with Crippen molar-refractivity contribution in [1.29, 1.82) is 5.26 Å². The van der Waals surface area contributed by atoms with Crippen molar-refractivity contribution < 1.29 is 9.53 Å². The van der Waals surface area contributed by atoms with Crippen molar-refractivity contribution in [2.75, 3.05) is 11.9 Å². The molecule has 1 amide bonds. The van der Waals surface area contributed by atoms with Crippen LogP contribution in [0.25, 0.3) is 11.0 Å². The quantitative estimate of drug-likeness (QED) is 0.751. The first-order chi connectivity index (χ1) is 13.4. The number of aryl methyl sites for hydroxylation is 2. The van der Waals surface area contributed by atoms with Crippen LogP contribution in [-0.2, 0) is 6.54 Å². The Morgan fingerprint density at radius 1 is 1.43 bits per heavy atom. The van der Waals surface area contributed by atoms with Crippen molar-refractivity contribution in [3.05, 3.63) is 35.2 Å². The summed E-state index contributed by atoms with van der Waals surface area (Å²) >= 11 is 0. The number of nitrogens with one attached hydrogen (secondary N) is 1. The Balaban J connectivity index is 1.83. The summed E-state index contributed by atoms with van der Waals surface area (Å²) in [4.78, 5) is 17.6. The second kappa shape index (κ2) is 6.68. The summed E-state index contributed by atoms with van der Waals surface area (Å²) in [6, 6.07) is 7.37. The molecule has 0 radical (unpaired) electrons. The lowest BCUT2D eigenvalue weighted by molar-refractivity contribution is 0.101. The van der Waals surface area contributed by atoms with Gasteiger partial charge >= 0.3 is 0 Å². The predicted molar refractivity (Wildman–Crippen MR) is 104 cm³/mol. The Labute approximate surface area is 162 Å². The highest BCUT2D eigenvalue weighted by Crippen LogP contribution is 2.39. The van der Waals surface area contributed by atoms with Gasteiger partial charge in [0.25, 0.3) is 5.91 Å². The van der Waals surface area contributed by atoms with E-state index in [1.807, 2.05) is 18.4 Å². The third-order valence-corrected chi connectivity index (χ3v) is 5.05. The van der Waals surface area contributed by atoms with E-state index in [1.165, 1.54) is 0 Å². The van der Waals surface area contributed by atoms with Crippen LogP contribution < -0.4 is 10.1 Å². The molecule has 1 atom stereocenters. The van der Waals surface area contributed by atoms with Gasteiger partial charge in [-0.05, 0) is 31.9 Å². The molecule has 1 N–H and O–H groups in total. The van der Waals surface area contributed by atoms with Crippen LogP contribution in [0, 0.1) is 24.2 Å². The number of amides is 1. The molecule has 0 aliphatic carbocycles. The Hall–Kier alpha value is -3.34. The number of ether oxygens (including phenoxy) is 1. The second-order valence-electron chi connectivity index (χ2n) is 7.32. The van der Waals surface area contributed by atoms with Crippen molar-refractivity contribution >= 4 is 22.9 Å². The van der Waals surface area contributed by atoms with Gasteiger partial charge in [0.1, 0.15) is 23.6 Å². The Kier molecular flexibility index (Phi) is 4.30. The van der Waals surface area contributed by atoms with Crippen molar-refractivity contribution in [3.63, 3.8) is 0 Å². The molecule has 0 fully saturated rings. The molecular formula is C20H22N6O2. The van der Waals surface area contributed by atoms with Crippen LogP contribution in [0.5, 0.6) is 5.75 Å². The third kappa shape index (κ3) is 2.80. The maximum absolute atomic E-state index is 12.9. The average molecular weight is 378 g/mol. The van der Waals surface area contributed by atoms with Gasteiger partial charge in [-0.25, -0.2) is 4.98 Å². The molecule has 1 aliphatic heterocycles. The number of carbonyl (C=O) groups is 1. The summed E-state index contributed by atoms with van der Waals surface area (Å²) in [5.41, 5.74) is 3.20. The van der Waals surface area contributed by atoms with E-state index in [9.17, 15) is 10.1 Å². The fourth-order valence-corrected chi connectivity index (χ4v) is 3.66. The van der Waals surface area contributed by atoms with Gasteiger partial charge in [-0.15, -0.1) is 0 Å². The molecule has 0 unspecified atom stereocenters. The zero-order valence-electron chi connectivity index (χ0n) is 16.4. The van der Waals surface area contributed by atoms with Crippen LogP contribution >= 0.6 is 0 Å². The van der Waals surface area contributed by atoms with Gasteiger partial charge in [-0.1, -0.05) is 13.8 Å². The van der Waals surface area contributed by atoms with Gasteiger partial charge in [0, 0.05) is 12.6 Å². The minimum Gasteiger partial charge on any atom is -0.489 e. The average Bonchev–Trinajstić information content (AvgIpc) is 3.23. The monoisotopic (exact) mass is 378 g/mol. The van der Waals surface area contributed by atoms with E-state index in [1.54, 1.807) is 22.9 Å². The smallest absolute Gasteiger partial charge is 0.276 e. The number of nitriles is 1. The standard InChI is InChI=1S/C20H22N6O2/c1-5-25-15(6-12(4)24-25)19(27)23-20-22-14-7-13(9-21)8-17-18(14)26(20)16(10-28-17)11(2)3/h6-8,11,16H,5,10H2,1-4H3,(H,22,23,27)/t16-/m1/s1. The lowest BCUT2D eigenvalue weighted by Crippen LogP contribution is -2.28. The zero-order chi connectivity index (χ0) is 20.0. The maximum atomic E-state index is 12.9. The number of aromatic nitrogens is 4. The summed E-state index contributed by atoms with van der Waals surface area (Å²) in [6.07, 6.45) is 0. The molecule has 4 rings (SSSR count). The fourth-order valence-electron chi connectivity index (χ4n) is 3.66. The zero-order valence-corrected chi connectivity index (χ0v) is 16.4. The molecule has 144 valence electrons. The van der Waals surface area contributed by atoms with Crippen molar-refractivity contribution in [2.45, 2.75) is 40.3 Å². The Morgan fingerprint density at radius 2 is 2.21 bits per heavy atom. The van der Waals surface area contributed by atoms with Crippen molar-refractivity contribution in [3.8, 4) is 11.8 Å². The topological polar surface area (TPSA) is 97.8 Å². The Morgan fingerprint density at radius 3 is 2.89 bits per heavy atom. The summed E-state index contributed by atoms with van der Waals surface area (Å²) in [5.74, 6) is 1.10. The number of nitrogens with zero attached hydrogens (tertiary/aromatic N) is 5. The van der Waals surface area contributed by atoms with Gasteiger partial charge in [0.05, 0.1) is 28.9 Å². The van der Waals surface area contributed by atoms with E-state index >= 15 is 0 Å². The number of anilines is 1. The van der Waals surface area contributed by atoms with E-state index in [0.29, 0.717) is 41.6 Å². The van der Waals surface area contributed by atoms with Crippen LogP contribution in [0.2, 0.25) is 0 Å². The molecule has 28 heavy (non-hydrogen) atoms. The van der Waals surface area contributed by atoms with E-state index < -0.39 is 0 Å². The first kappa shape index (κ1) is 18.0. The molecular weight excluding hydrogens is 356 g/mol. The molecule has 3 aromatic rings. The lowest BCUT2D eigenvalue weighted by Gasteiger charge is -2.29. The highest BCUT2D eigenvalue weighted by molar-refractivity contribution is 6.03. The molecule has 0 bridgehead atoms. The summed E-state index contributed by atoms with van der Waals surface area (Å²) in [5, 5.41) is 16.6. The van der Waals surface area contributed by atoms with Gasteiger partial charge in [-0.3, -0.25) is 19.4 Å². The van der Waals surface area contributed by atoms with Crippen LogP contribution in [0.15, 0.2) is 18.2 Å². The van der Waals surface area contributed by atoms with Crippen molar-refractivity contribution in [1.82, 2.24) is 19.3 Å². The summed E-state index contributed by atoms with van der Waals surface area (Å²) < 4.78 is 9.61. The molecule has 1 aliphatic rings. The summed E-state index contributed by atoms with van der Waals surface area (Å²) in [7, 11) is 0. The van der Waals surface area contributed by atoms with Crippen LogP contribution in [-0.4, -0.2) is 31.8 Å². The summed E-state index contributed by atoms with van der Waals surface area (Å²) in [6.45, 7) is 9.08. The normalized spacial score (nSPS) is 15.5. The first-order valence-corrected chi connectivity index (χ1v) is 9.37. The molecule has 8 heteroatoms. The van der Waals surface area contributed by atoms with Crippen molar-refractivity contribution in [2.24, 2.45) is 5.92 Å². The second-order valence-corrected chi connectivity index (χ2v) is 7.32. The fraction of sp³-hybridized carbons (Fsp3) is 0.400. The minimum atomic E-state index is -0.259. The number of hydrogen-bond acceptors (Lipinski definition) is 5. The maximum Gasteiger partial charge on any atom is 0.276 e. The number of benzene rings is 1. The number of rotatable bonds is 4. The molecule has 2 aromatic heterocycles. The third-order valence-electron chi connectivity index (χ3n) is 5.05. The highest BCUT2D eigenvalue weighted by Gasteiger charge is 2.30. The van der Waals surface area contributed by atoms with E-state index in [4.69, 9.17) is 4.74 Å². The van der Waals surface area contributed by atoms with Gasteiger partial charge in [0.2, 0.25) is 5.95 Å². The molecule has 0 spiro atoms. The number of hydrogen-bond donors (Lipinski definition) is 1. The molecule has 0 saturated carbocycles. The Bertz CT molecular complexity index is 1120. The minimum absolute atomic E-state index is 0.0264. The lowest BCUT2D eigenvalue weighted by atomic mass is 10.0. The molecule has 8 nitrogen and oxygen atoms in total.